The fourth-order valence-electron chi connectivity index (χ4n) is 1.11. The molecule has 0 spiro atoms. The number of carbonyl (C=O) groups excluding carboxylic acids is 1. The van der Waals surface area contributed by atoms with E-state index in [1.165, 1.54) is 12.5 Å². The number of Topliss-reactive ketones (excluding diaryl/α,β-unsaturated/α-hetero) is 1. The molecule has 0 amide bonds. The zero-order valence-electron chi connectivity index (χ0n) is 7.79. The molecule has 1 rings (SSSR count). The first-order valence-corrected chi connectivity index (χ1v) is 5.23. The first-order valence-electron chi connectivity index (χ1n) is 4.31. The van der Waals surface area contributed by atoms with Crippen molar-refractivity contribution < 1.29 is 9.21 Å². The van der Waals surface area contributed by atoms with Crippen LogP contribution in [0.3, 0.4) is 0 Å². The predicted octanol–water partition coefficient (Wildman–Crippen LogP) is 3.27. The highest BCUT2D eigenvalue weighted by Gasteiger charge is 2.18. The maximum atomic E-state index is 11.6. The van der Waals surface area contributed by atoms with E-state index in [4.69, 9.17) is 4.42 Å². The Morgan fingerprint density at radius 3 is 2.77 bits per heavy atom. The molecule has 1 heterocycles. The number of alkyl halides is 1. The molecule has 0 N–H and O–H groups in total. The second-order valence-electron chi connectivity index (χ2n) is 3.47. The second kappa shape index (κ2) is 4.61. The van der Waals surface area contributed by atoms with Crippen LogP contribution in [0.25, 0.3) is 0 Å². The molecule has 0 aliphatic carbocycles. The third-order valence-electron chi connectivity index (χ3n) is 1.77. The molecule has 0 fully saturated rings. The summed E-state index contributed by atoms with van der Waals surface area (Å²) in [5, 5.41) is 0. The van der Waals surface area contributed by atoms with Gasteiger partial charge in [-0.1, -0.05) is 29.8 Å². The Balaban J connectivity index is 2.58. The average molecular weight is 245 g/mol. The Labute approximate surface area is 86.4 Å². The largest absolute Gasteiger partial charge is 0.472 e. The summed E-state index contributed by atoms with van der Waals surface area (Å²) in [5.41, 5.74) is 0.641. The minimum absolute atomic E-state index is 0.0925. The van der Waals surface area contributed by atoms with Gasteiger partial charge in [0, 0.05) is 0 Å². The summed E-state index contributed by atoms with van der Waals surface area (Å²) in [5.74, 6) is 0.614. The van der Waals surface area contributed by atoms with Crippen molar-refractivity contribution in [2.24, 2.45) is 5.92 Å². The van der Waals surface area contributed by atoms with Crippen LogP contribution in [0, 0.1) is 5.92 Å². The molecule has 0 aliphatic rings. The number of hydrogen-bond donors (Lipinski definition) is 0. The third-order valence-corrected chi connectivity index (χ3v) is 2.56. The molecular formula is C10H13BrO2. The van der Waals surface area contributed by atoms with Gasteiger partial charge in [-0.2, -0.15) is 0 Å². The summed E-state index contributed by atoms with van der Waals surface area (Å²) in [7, 11) is 0. The van der Waals surface area contributed by atoms with Crippen molar-refractivity contribution in [2.45, 2.75) is 25.1 Å². The van der Waals surface area contributed by atoms with Gasteiger partial charge in [0.05, 0.1) is 16.7 Å². The van der Waals surface area contributed by atoms with E-state index in [2.05, 4.69) is 29.8 Å². The van der Waals surface area contributed by atoms with Crippen LogP contribution in [-0.2, 0) is 0 Å². The van der Waals surface area contributed by atoms with E-state index in [9.17, 15) is 4.79 Å². The number of carbonyl (C=O) groups is 1. The monoisotopic (exact) mass is 244 g/mol. The van der Waals surface area contributed by atoms with Gasteiger partial charge < -0.3 is 4.42 Å². The molecular weight excluding hydrogens is 232 g/mol. The van der Waals surface area contributed by atoms with Crippen molar-refractivity contribution in [2.75, 3.05) is 0 Å². The molecule has 0 saturated heterocycles. The van der Waals surface area contributed by atoms with Gasteiger partial charge in [-0.3, -0.25) is 4.79 Å². The Hall–Kier alpha value is -0.570. The van der Waals surface area contributed by atoms with Crippen molar-refractivity contribution in [1.29, 1.82) is 0 Å². The lowest BCUT2D eigenvalue weighted by Crippen LogP contribution is -2.15. The Morgan fingerprint density at radius 2 is 2.31 bits per heavy atom. The highest BCUT2D eigenvalue weighted by atomic mass is 79.9. The topological polar surface area (TPSA) is 30.2 Å². The van der Waals surface area contributed by atoms with Crippen LogP contribution in [0.1, 0.15) is 30.6 Å². The number of ketones is 1. The molecule has 0 bridgehead atoms. The van der Waals surface area contributed by atoms with Crippen LogP contribution in [0.2, 0.25) is 0 Å². The van der Waals surface area contributed by atoms with Gasteiger partial charge >= 0.3 is 0 Å². The third kappa shape index (κ3) is 2.99. The molecule has 0 radical (unpaired) electrons. The molecule has 72 valence electrons. The molecule has 1 aromatic rings. The van der Waals surface area contributed by atoms with E-state index in [0.29, 0.717) is 11.5 Å². The van der Waals surface area contributed by atoms with Crippen molar-refractivity contribution in [3.8, 4) is 0 Å². The summed E-state index contributed by atoms with van der Waals surface area (Å²) in [4.78, 5) is 11.5. The average Bonchev–Trinajstić information content (AvgIpc) is 2.53. The molecule has 13 heavy (non-hydrogen) atoms. The van der Waals surface area contributed by atoms with E-state index >= 15 is 0 Å². The summed E-state index contributed by atoms with van der Waals surface area (Å²) in [6.45, 7) is 4.19. The van der Waals surface area contributed by atoms with E-state index in [1.54, 1.807) is 6.07 Å². The first kappa shape index (κ1) is 10.5. The van der Waals surface area contributed by atoms with Crippen molar-refractivity contribution in [3.63, 3.8) is 0 Å². The summed E-state index contributed by atoms with van der Waals surface area (Å²) < 4.78 is 4.85. The Bertz CT molecular complexity index is 264. The van der Waals surface area contributed by atoms with E-state index < -0.39 is 0 Å². The Kier molecular flexibility index (Phi) is 3.72. The number of halogens is 1. The normalized spacial score (nSPS) is 13.2. The van der Waals surface area contributed by atoms with Crippen molar-refractivity contribution in [3.05, 3.63) is 24.2 Å². The summed E-state index contributed by atoms with van der Waals surface area (Å²) >= 11 is 3.37. The predicted molar refractivity (Wildman–Crippen MR) is 55.2 cm³/mol. The summed E-state index contributed by atoms with van der Waals surface area (Å²) in [6, 6.07) is 1.69. The number of furan rings is 1. The molecule has 0 aliphatic heterocycles. The molecule has 1 unspecified atom stereocenters. The van der Waals surface area contributed by atoms with Crippen LogP contribution < -0.4 is 0 Å². The fourth-order valence-corrected chi connectivity index (χ4v) is 2.12. The van der Waals surface area contributed by atoms with Crippen LogP contribution in [0.5, 0.6) is 0 Å². The highest BCUT2D eigenvalue weighted by Crippen LogP contribution is 2.18. The molecule has 3 heteroatoms. The maximum Gasteiger partial charge on any atom is 0.179 e. The lowest BCUT2D eigenvalue weighted by Gasteiger charge is -2.09. The zero-order chi connectivity index (χ0) is 9.84. The second-order valence-corrected chi connectivity index (χ2v) is 4.58. The van der Waals surface area contributed by atoms with Gasteiger partial charge in [0.15, 0.2) is 5.78 Å². The van der Waals surface area contributed by atoms with E-state index in [1.807, 2.05) is 0 Å². The SMILES string of the molecule is CC(C)CC(Br)C(=O)c1ccoc1. The highest BCUT2D eigenvalue weighted by molar-refractivity contribution is 9.10. The lowest BCUT2D eigenvalue weighted by molar-refractivity contribution is 0.0984. The Morgan fingerprint density at radius 1 is 1.62 bits per heavy atom. The molecule has 0 aromatic carbocycles. The number of rotatable bonds is 4. The first-order chi connectivity index (χ1) is 6.11. The number of hydrogen-bond acceptors (Lipinski definition) is 2. The van der Waals surface area contributed by atoms with Crippen LogP contribution >= 0.6 is 15.9 Å². The van der Waals surface area contributed by atoms with E-state index in [0.717, 1.165) is 6.42 Å². The van der Waals surface area contributed by atoms with Gasteiger partial charge in [-0.05, 0) is 18.4 Å². The van der Waals surface area contributed by atoms with E-state index in [-0.39, 0.29) is 10.6 Å². The fraction of sp³-hybridized carbons (Fsp3) is 0.500. The summed E-state index contributed by atoms with van der Waals surface area (Å²) in [6.07, 6.45) is 3.85. The molecule has 2 nitrogen and oxygen atoms in total. The maximum absolute atomic E-state index is 11.6. The smallest absolute Gasteiger partial charge is 0.179 e. The van der Waals surface area contributed by atoms with Gasteiger partial charge in [0.1, 0.15) is 6.26 Å². The minimum Gasteiger partial charge on any atom is -0.472 e. The minimum atomic E-state index is -0.0925. The molecule has 0 saturated carbocycles. The zero-order valence-corrected chi connectivity index (χ0v) is 9.37. The van der Waals surface area contributed by atoms with Crippen LogP contribution in [0.4, 0.5) is 0 Å². The van der Waals surface area contributed by atoms with Gasteiger partial charge in [0.25, 0.3) is 0 Å². The quantitative estimate of drug-likeness (QED) is 0.602. The van der Waals surface area contributed by atoms with Crippen molar-refractivity contribution >= 4 is 21.7 Å². The van der Waals surface area contributed by atoms with Crippen molar-refractivity contribution in [1.82, 2.24) is 0 Å². The van der Waals surface area contributed by atoms with Gasteiger partial charge in [-0.15, -0.1) is 0 Å². The van der Waals surface area contributed by atoms with Gasteiger partial charge in [0.2, 0.25) is 0 Å². The lowest BCUT2D eigenvalue weighted by atomic mass is 10.0. The standard InChI is InChI=1S/C10H13BrO2/c1-7(2)5-9(11)10(12)8-3-4-13-6-8/h3-4,6-7,9H,5H2,1-2H3. The van der Waals surface area contributed by atoms with Crippen LogP contribution in [-0.4, -0.2) is 10.6 Å². The van der Waals surface area contributed by atoms with Gasteiger partial charge in [-0.25, -0.2) is 0 Å². The molecule has 1 aromatic heterocycles. The van der Waals surface area contributed by atoms with Crippen LogP contribution in [0.15, 0.2) is 23.0 Å². The molecule has 1 atom stereocenters.